The fraction of sp³-hybridized carbons (Fsp3) is 0.208. The van der Waals surface area contributed by atoms with Gasteiger partial charge in [0.15, 0.2) is 11.0 Å². The number of anilines is 1. The highest BCUT2D eigenvalue weighted by molar-refractivity contribution is 7.99. The van der Waals surface area contributed by atoms with Crippen molar-refractivity contribution >= 4 is 23.4 Å². The van der Waals surface area contributed by atoms with Gasteiger partial charge in [0.25, 0.3) is 0 Å². The molecule has 0 saturated heterocycles. The van der Waals surface area contributed by atoms with Crippen molar-refractivity contribution in [2.75, 3.05) is 18.2 Å². The number of nitrogens with zero attached hydrogens (tertiary/aromatic N) is 3. The maximum Gasteiger partial charge on any atom is 0.234 e. The molecule has 0 bridgehead atoms. The van der Waals surface area contributed by atoms with Crippen LogP contribution in [0.15, 0.2) is 70.4 Å². The van der Waals surface area contributed by atoms with Crippen LogP contribution in [-0.4, -0.2) is 33.5 Å². The third-order valence-corrected chi connectivity index (χ3v) is 5.85. The zero-order valence-electron chi connectivity index (χ0n) is 18.2. The first kappa shape index (κ1) is 21.7. The van der Waals surface area contributed by atoms with E-state index < -0.39 is 0 Å². The Morgan fingerprint density at radius 3 is 2.59 bits per heavy atom. The van der Waals surface area contributed by atoms with E-state index in [-0.39, 0.29) is 11.7 Å². The van der Waals surface area contributed by atoms with Gasteiger partial charge in [-0.15, -0.1) is 10.2 Å². The number of aromatic nitrogens is 3. The molecule has 1 N–H and O–H groups in total. The molecule has 4 rings (SSSR count). The van der Waals surface area contributed by atoms with Gasteiger partial charge in [-0.1, -0.05) is 47.7 Å². The second kappa shape index (κ2) is 9.74. The highest BCUT2D eigenvalue weighted by atomic mass is 32.2. The molecule has 0 radical (unpaired) electrons. The van der Waals surface area contributed by atoms with Crippen molar-refractivity contribution in [3.63, 3.8) is 0 Å². The van der Waals surface area contributed by atoms with E-state index in [1.165, 1.54) is 17.3 Å². The van der Waals surface area contributed by atoms with Gasteiger partial charge in [-0.05, 0) is 43.7 Å². The van der Waals surface area contributed by atoms with Crippen LogP contribution in [0.3, 0.4) is 0 Å². The molecule has 2 aromatic carbocycles. The number of furan rings is 1. The van der Waals surface area contributed by atoms with E-state index in [1.54, 1.807) is 13.4 Å². The smallest absolute Gasteiger partial charge is 0.234 e. The molecule has 2 aromatic heterocycles. The number of carbonyl (C=O) groups is 1. The van der Waals surface area contributed by atoms with E-state index in [2.05, 4.69) is 15.5 Å². The van der Waals surface area contributed by atoms with Crippen molar-refractivity contribution in [1.29, 1.82) is 0 Å². The largest absolute Gasteiger partial charge is 0.495 e. The minimum Gasteiger partial charge on any atom is -0.495 e. The summed E-state index contributed by atoms with van der Waals surface area (Å²) in [5.41, 5.74) is 3.81. The minimum atomic E-state index is -0.150. The predicted octanol–water partition coefficient (Wildman–Crippen LogP) is 4.94. The lowest BCUT2D eigenvalue weighted by atomic mass is 10.1. The van der Waals surface area contributed by atoms with Gasteiger partial charge in [-0.2, -0.15) is 0 Å². The number of hydrogen-bond acceptors (Lipinski definition) is 6. The first-order chi connectivity index (χ1) is 15.5. The van der Waals surface area contributed by atoms with Gasteiger partial charge in [-0.25, -0.2) is 0 Å². The third kappa shape index (κ3) is 5.03. The number of amides is 1. The van der Waals surface area contributed by atoms with Gasteiger partial charge in [0.1, 0.15) is 11.5 Å². The monoisotopic (exact) mass is 448 g/mol. The Morgan fingerprint density at radius 2 is 1.88 bits per heavy atom. The molecule has 2 heterocycles. The first-order valence-corrected chi connectivity index (χ1v) is 11.1. The molecule has 1 amide bonds. The molecule has 0 atom stereocenters. The molecule has 7 nitrogen and oxygen atoms in total. The summed E-state index contributed by atoms with van der Waals surface area (Å²) in [6.07, 6.45) is 1.64. The number of thioether (sulfide) groups is 1. The topological polar surface area (TPSA) is 82.2 Å². The fourth-order valence-electron chi connectivity index (χ4n) is 3.25. The quantitative estimate of drug-likeness (QED) is 0.384. The second-order valence-electron chi connectivity index (χ2n) is 7.38. The van der Waals surface area contributed by atoms with Crippen molar-refractivity contribution < 1.29 is 13.9 Å². The average molecular weight is 449 g/mol. The molecule has 32 heavy (non-hydrogen) atoms. The summed E-state index contributed by atoms with van der Waals surface area (Å²) in [4.78, 5) is 12.6. The van der Waals surface area contributed by atoms with Crippen LogP contribution in [0.1, 0.15) is 16.9 Å². The van der Waals surface area contributed by atoms with E-state index in [9.17, 15) is 4.79 Å². The van der Waals surface area contributed by atoms with Crippen LogP contribution in [0.25, 0.3) is 11.4 Å². The summed E-state index contributed by atoms with van der Waals surface area (Å²) in [5, 5.41) is 12.3. The Bertz CT molecular complexity index is 1200. The second-order valence-corrected chi connectivity index (χ2v) is 8.32. The lowest BCUT2D eigenvalue weighted by Gasteiger charge is -2.11. The zero-order chi connectivity index (χ0) is 22.5. The van der Waals surface area contributed by atoms with Crippen LogP contribution in [0.5, 0.6) is 5.75 Å². The number of nitrogens with one attached hydrogen (secondary N) is 1. The molecule has 0 unspecified atom stereocenters. The SMILES string of the molecule is COc1ccc(C)cc1NC(=O)CSc1nnc(-c2ccc(C)cc2)n1Cc1ccco1. The number of aryl methyl sites for hydroxylation is 2. The summed E-state index contributed by atoms with van der Waals surface area (Å²) in [6.45, 7) is 4.48. The van der Waals surface area contributed by atoms with Crippen molar-refractivity contribution in [3.8, 4) is 17.1 Å². The number of benzene rings is 2. The van der Waals surface area contributed by atoms with Gasteiger partial charge in [0.2, 0.25) is 5.91 Å². The molecule has 0 aliphatic rings. The Hall–Kier alpha value is -3.52. The Morgan fingerprint density at radius 1 is 1.09 bits per heavy atom. The van der Waals surface area contributed by atoms with Crippen molar-refractivity contribution in [1.82, 2.24) is 14.8 Å². The highest BCUT2D eigenvalue weighted by Crippen LogP contribution is 2.28. The number of methoxy groups -OCH3 is 1. The molecular formula is C24H24N4O3S. The summed E-state index contributed by atoms with van der Waals surface area (Å²) in [6, 6.07) is 17.5. The highest BCUT2D eigenvalue weighted by Gasteiger charge is 2.17. The van der Waals surface area contributed by atoms with Crippen molar-refractivity contribution in [2.24, 2.45) is 0 Å². The fourth-order valence-corrected chi connectivity index (χ4v) is 3.99. The number of hydrogen-bond donors (Lipinski definition) is 1. The van der Waals surface area contributed by atoms with Crippen LogP contribution in [-0.2, 0) is 11.3 Å². The summed E-state index contributed by atoms with van der Waals surface area (Å²) < 4.78 is 12.8. The normalized spacial score (nSPS) is 10.8. The van der Waals surface area contributed by atoms with Gasteiger partial charge in [0, 0.05) is 5.56 Å². The zero-order valence-corrected chi connectivity index (χ0v) is 19.0. The predicted molar refractivity (Wildman–Crippen MR) is 125 cm³/mol. The maximum absolute atomic E-state index is 12.6. The van der Waals surface area contributed by atoms with E-state index in [0.717, 1.165) is 22.7 Å². The Labute approximate surface area is 190 Å². The number of rotatable bonds is 8. The standard InChI is InChI=1S/C24H24N4O3S/c1-16-6-9-18(10-7-16)23-26-27-24(28(23)14-19-5-4-12-31-19)32-15-22(29)25-20-13-17(2)8-11-21(20)30-3/h4-13H,14-15H2,1-3H3,(H,25,29). The molecule has 4 aromatic rings. The average Bonchev–Trinajstić information content (AvgIpc) is 3.44. The van der Waals surface area contributed by atoms with Crippen LogP contribution >= 0.6 is 11.8 Å². The van der Waals surface area contributed by atoms with Gasteiger partial charge in [0.05, 0.1) is 31.4 Å². The molecule has 0 fully saturated rings. The molecule has 164 valence electrons. The van der Waals surface area contributed by atoms with Gasteiger partial charge in [-0.3, -0.25) is 9.36 Å². The maximum atomic E-state index is 12.6. The van der Waals surface area contributed by atoms with Crippen LogP contribution in [0.2, 0.25) is 0 Å². The summed E-state index contributed by atoms with van der Waals surface area (Å²) in [7, 11) is 1.58. The van der Waals surface area contributed by atoms with Crippen molar-refractivity contribution in [3.05, 3.63) is 77.7 Å². The molecule has 0 aliphatic heterocycles. The van der Waals surface area contributed by atoms with E-state index in [1.807, 2.05) is 73.0 Å². The lowest BCUT2D eigenvalue weighted by molar-refractivity contribution is -0.113. The van der Waals surface area contributed by atoms with Gasteiger partial charge < -0.3 is 14.5 Å². The first-order valence-electron chi connectivity index (χ1n) is 10.1. The van der Waals surface area contributed by atoms with Crippen LogP contribution in [0, 0.1) is 13.8 Å². The van der Waals surface area contributed by atoms with Crippen molar-refractivity contribution in [2.45, 2.75) is 25.5 Å². The Balaban J connectivity index is 1.53. The van der Waals surface area contributed by atoms with E-state index in [0.29, 0.717) is 23.1 Å². The molecule has 8 heteroatoms. The minimum absolute atomic E-state index is 0.150. The van der Waals surface area contributed by atoms with Gasteiger partial charge >= 0.3 is 0 Å². The van der Waals surface area contributed by atoms with E-state index in [4.69, 9.17) is 9.15 Å². The van der Waals surface area contributed by atoms with E-state index >= 15 is 0 Å². The number of carbonyl (C=O) groups excluding carboxylic acids is 1. The van der Waals surface area contributed by atoms with Crippen LogP contribution in [0.4, 0.5) is 5.69 Å². The summed E-state index contributed by atoms with van der Waals surface area (Å²) >= 11 is 1.33. The molecular weight excluding hydrogens is 424 g/mol. The Kier molecular flexibility index (Phi) is 6.61. The molecule has 0 saturated carbocycles. The molecule has 0 aliphatic carbocycles. The third-order valence-electron chi connectivity index (χ3n) is 4.88. The molecule has 0 spiro atoms. The number of ether oxygens (including phenoxy) is 1. The lowest BCUT2D eigenvalue weighted by Crippen LogP contribution is -2.15. The van der Waals surface area contributed by atoms with Crippen LogP contribution < -0.4 is 10.1 Å². The summed E-state index contributed by atoms with van der Waals surface area (Å²) in [5.74, 6) is 2.17.